The summed E-state index contributed by atoms with van der Waals surface area (Å²) in [6.07, 6.45) is 6.79. The van der Waals surface area contributed by atoms with Gasteiger partial charge in [-0.3, -0.25) is 9.59 Å². The Labute approximate surface area is 410 Å². The Balaban J connectivity index is 1.54. The first-order chi connectivity index (χ1) is 32.2. The quantitative estimate of drug-likeness (QED) is 0.0550. The molecule has 368 valence electrons. The van der Waals surface area contributed by atoms with Crippen molar-refractivity contribution in [1.29, 1.82) is 0 Å². The van der Waals surface area contributed by atoms with E-state index in [2.05, 4.69) is 148 Å². The minimum Gasteiger partial charge on any atom is -0.507 e. The molecule has 8 bridgehead atoms. The second-order valence-corrected chi connectivity index (χ2v) is 22.7. The molecule has 0 fully saturated rings. The Morgan fingerprint density at radius 3 is 1.26 bits per heavy atom. The number of esters is 1. The average Bonchev–Trinajstić information content (AvgIpc) is 3.79. The topological polar surface area (TPSA) is 143 Å². The molecule has 69 heavy (non-hydrogen) atoms. The summed E-state index contributed by atoms with van der Waals surface area (Å²) in [4.78, 5) is 38.9. The molecule has 4 N–H and O–H groups in total. The molecule has 0 aliphatic heterocycles. The number of aromatic hydroxyl groups is 2. The third-order valence-electron chi connectivity index (χ3n) is 12.8. The van der Waals surface area contributed by atoms with Crippen molar-refractivity contribution in [3.8, 4) is 23.0 Å². The van der Waals surface area contributed by atoms with Crippen LogP contribution in [0.5, 0.6) is 23.0 Å². The van der Waals surface area contributed by atoms with E-state index in [0.29, 0.717) is 58.8 Å². The van der Waals surface area contributed by atoms with Crippen molar-refractivity contribution >= 4 is 17.8 Å². The lowest BCUT2D eigenvalue weighted by molar-refractivity contribution is -0.145. The fraction of sp³-hybridized carbons (Fsp3) is 0.458. The van der Waals surface area contributed by atoms with Gasteiger partial charge < -0.3 is 35.1 Å². The lowest BCUT2D eigenvalue weighted by atomic mass is 9.79. The summed E-state index contributed by atoms with van der Waals surface area (Å²) in [5, 5.41) is 30.9. The summed E-state index contributed by atoms with van der Waals surface area (Å²) in [5.41, 5.74) is 12.3. The largest absolute Gasteiger partial charge is 0.507 e. The molecule has 0 heterocycles. The highest BCUT2D eigenvalue weighted by Crippen LogP contribution is 2.44. The maximum Gasteiger partial charge on any atom is 0.344 e. The van der Waals surface area contributed by atoms with Crippen molar-refractivity contribution in [1.82, 2.24) is 10.6 Å². The zero-order valence-corrected chi connectivity index (χ0v) is 43.3. The van der Waals surface area contributed by atoms with Crippen LogP contribution in [0.1, 0.15) is 163 Å². The van der Waals surface area contributed by atoms with Crippen LogP contribution in [0.15, 0.2) is 78.1 Å². The van der Waals surface area contributed by atoms with E-state index in [1.165, 1.54) is 0 Å². The summed E-state index contributed by atoms with van der Waals surface area (Å²) in [6.45, 7) is 28.0. The zero-order chi connectivity index (χ0) is 50.6. The van der Waals surface area contributed by atoms with Crippen LogP contribution in [0, 0.1) is 0 Å². The van der Waals surface area contributed by atoms with Gasteiger partial charge in [0.05, 0.1) is 12.2 Å². The van der Waals surface area contributed by atoms with Gasteiger partial charge in [0.15, 0.2) is 13.2 Å². The van der Waals surface area contributed by atoms with Crippen molar-refractivity contribution in [2.24, 2.45) is 0 Å². The number of fused-ring (bicyclic) bond motifs is 8. The summed E-state index contributed by atoms with van der Waals surface area (Å²) in [7, 11) is 0. The van der Waals surface area contributed by atoms with Crippen LogP contribution in [0.4, 0.5) is 0 Å². The van der Waals surface area contributed by atoms with Crippen molar-refractivity contribution in [2.45, 2.75) is 144 Å². The number of carbonyl (C=O) groups is 3. The normalized spacial score (nSPS) is 13.7. The molecular weight excluding hydrogens is 865 g/mol. The molecule has 6 rings (SSSR count). The van der Waals surface area contributed by atoms with Crippen molar-refractivity contribution in [3.05, 3.63) is 145 Å². The molecule has 4 aromatic rings. The van der Waals surface area contributed by atoms with E-state index in [-0.39, 0.29) is 90.5 Å². The first-order valence-electron chi connectivity index (χ1n) is 24.4. The number of amides is 2. The second-order valence-electron chi connectivity index (χ2n) is 22.7. The first-order valence-corrected chi connectivity index (χ1v) is 24.4. The molecule has 2 aliphatic carbocycles. The van der Waals surface area contributed by atoms with Gasteiger partial charge in [-0.2, -0.15) is 0 Å². The fourth-order valence-corrected chi connectivity index (χ4v) is 8.62. The average molecular weight is 939 g/mol. The molecule has 0 unspecified atom stereocenters. The molecule has 10 nitrogen and oxygen atoms in total. The highest BCUT2D eigenvalue weighted by Gasteiger charge is 2.29. The molecule has 0 atom stereocenters. The van der Waals surface area contributed by atoms with Gasteiger partial charge in [0.25, 0.3) is 11.8 Å². The number of phenolic OH excluding ortho intramolecular Hbond substituents is 2. The monoisotopic (exact) mass is 939 g/mol. The molecule has 0 aromatic heterocycles. The molecule has 0 saturated heterocycles. The molecule has 0 spiro atoms. The second kappa shape index (κ2) is 20.8. The maximum atomic E-state index is 13.6. The Hall–Kier alpha value is -6.25. The minimum atomic E-state index is -0.489. The molecule has 2 aliphatic rings. The van der Waals surface area contributed by atoms with Gasteiger partial charge in [0, 0.05) is 38.8 Å². The van der Waals surface area contributed by atoms with Crippen molar-refractivity contribution < 1.29 is 38.8 Å². The summed E-state index contributed by atoms with van der Waals surface area (Å²) >= 11 is 0. The SMILES string of the molecule is CCOC(=O)COc1c2cc(C(C)(C)C)cc1Cc1cc(C(C)(C)C)cc(c1O)Cc1cc(C(C)(C)C)cc(c1OCC(=O)NCCCNC(=O)C1=C=CC=C1)Cc1cc(C(C)(C)C)cc(c1O)C2. The fourth-order valence-electron chi connectivity index (χ4n) is 8.62. The number of nitrogens with one attached hydrogen (secondary N) is 2. The van der Waals surface area contributed by atoms with Crippen molar-refractivity contribution in [2.75, 3.05) is 32.9 Å². The first kappa shape index (κ1) is 52.1. The van der Waals surface area contributed by atoms with Crippen LogP contribution in [0.2, 0.25) is 0 Å². The highest BCUT2D eigenvalue weighted by molar-refractivity contribution is 5.96. The van der Waals surface area contributed by atoms with E-state index < -0.39 is 5.97 Å². The van der Waals surface area contributed by atoms with Crippen LogP contribution in [-0.2, 0) is 66.5 Å². The third kappa shape index (κ3) is 13.1. The van der Waals surface area contributed by atoms with Gasteiger partial charge >= 0.3 is 5.97 Å². The smallest absolute Gasteiger partial charge is 0.344 e. The Morgan fingerprint density at radius 2 is 0.913 bits per heavy atom. The minimum absolute atomic E-state index is 0.140. The van der Waals surface area contributed by atoms with E-state index in [1.54, 1.807) is 25.2 Å². The van der Waals surface area contributed by atoms with Crippen LogP contribution in [0.3, 0.4) is 0 Å². The number of phenols is 2. The van der Waals surface area contributed by atoms with Crippen LogP contribution >= 0.6 is 0 Å². The number of allylic oxidation sites excluding steroid dienone is 1. The molecule has 2 amide bonds. The summed E-state index contributed by atoms with van der Waals surface area (Å²) in [6, 6.07) is 16.7. The lowest BCUT2D eigenvalue weighted by Gasteiger charge is -2.28. The van der Waals surface area contributed by atoms with E-state index in [9.17, 15) is 24.6 Å². The van der Waals surface area contributed by atoms with Gasteiger partial charge in [-0.15, -0.1) is 5.73 Å². The van der Waals surface area contributed by atoms with E-state index >= 15 is 0 Å². The zero-order valence-electron chi connectivity index (χ0n) is 43.3. The molecule has 10 heteroatoms. The summed E-state index contributed by atoms with van der Waals surface area (Å²) < 4.78 is 18.5. The number of hydrogen-bond acceptors (Lipinski definition) is 8. The highest BCUT2D eigenvalue weighted by atomic mass is 16.6. The van der Waals surface area contributed by atoms with E-state index in [4.69, 9.17) is 14.2 Å². The number of carbonyl (C=O) groups excluding carboxylic acids is 3. The Morgan fingerprint density at radius 1 is 0.551 bits per heavy atom. The van der Waals surface area contributed by atoms with Gasteiger partial charge in [-0.05, 0) is 114 Å². The molecule has 0 saturated carbocycles. The predicted molar refractivity (Wildman–Crippen MR) is 274 cm³/mol. The Bertz CT molecular complexity index is 2590. The van der Waals surface area contributed by atoms with Crippen LogP contribution in [-0.4, -0.2) is 60.9 Å². The summed E-state index contributed by atoms with van der Waals surface area (Å²) in [5.74, 6) is 0.294. The standard InChI is InChI=1S/C59H74N2O8/c1-14-67-50(63)35-69-54-43-24-39-28-45(56(2,3)4)26-37(51(39)64)22-41-30-47(58(8,9)10)31-42(53(41)68-34-49(62)60-20-17-21-61-55(66)36-18-15-16-19-36)23-38-27-46(57(5,6)7)29-40(52(38)65)25-44(54)33-48(32-43)59(11,12)13/h15-16,18,26-33,64-65H,14,17,20-25,34-35H2,1-13H3,(H,60,62)(H,61,66). The van der Waals surface area contributed by atoms with Gasteiger partial charge in [0.1, 0.15) is 23.0 Å². The van der Waals surface area contributed by atoms with Gasteiger partial charge in [-0.25, -0.2) is 4.79 Å². The van der Waals surface area contributed by atoms with Crippen LogP contribution < -0.4 is 20.1 Å². The Kier molecular flexibility index (Phi) is 15.7. The number of rotatable bonds is 12. The number of benzene rings is 4. The molecular formula is C59H74N2O8. The van der Waals surface area contributed by atoms with Crippen molar-refractivity contribution in [3.63, 3.8) is 0 Å². The van der Waals surface area contributed by atoms with Crippen LogP contribution in [0.25, 0.3) is 0 Å². The van der Waals surface area contributed by atoms with Gasteiger partial charge in [0.2, 0.25) is 0 Å². The predicted octanol–water partition coefficient (Wildman–Crippen LogP) is 10.6. The number of ether oxygens (including phenoxy) is 3. The molecule has 0 radical (unpaired) electrons. The van der Waals surface area contributed by atoms with E-state index in [0.717, 1.165) is 44.5 Å². The van der Waals surface area contributed by atoms with E-state index in [1.807, 2.05) is 0 Å². The number of hydrogen-bond donors (Lipinski definition) is 4. The van der Waals surface area contributed by atoms with Gasteiger partial charge in [-0.1, -0.05) is 138 Å². The molecule has 4 aromatic carbocycles. The maximum absolute atomic E-state index is 13.6. The lowest BCUT2D eigenvalue weighted by Crippen LogP contribution is -2.33. The third-order valence-corrected chi connectivity index (χ3v) is 12.8.